The molecule has 0 radical (unpaired) electrons. The molecule has 2 rings (SSSR count). The Balaban J connectivity index is 1.86. The molecule has 1 aromatic carbocycles. The number of benzene rings is 1. The fourth-order valence-corrected chi connectivity index (χ4v) is 2.37. The molecular weight excluding hydrogens is 282 g/mol. The van der Waals surface area contributed by atoms with Crippen LogP contribution in [0.4, 0.5) is 0 Å². The second-order valence-electron chi connectivity index (χ2n) is 5.46. The molecule has 0 saturated carbocycles. The molecule has 6 nitrogen and oxygen atoms in total. The lowest BCUT2D eigenvalue weighted by molar-refractivity contribution is -0.130. The number of nitrogens with one attached hydrogen (secondary N) is 1. The SMILES string of the molecule is C/C(CC(=O)N1CCCCC1)=N\NC(=O)c1cccc(O)c1. The number of phenolic OH excluding ortho intramolecular Hbond substituents is 1. The zero-order valence-electron chi connectivity index (χ0n) is 12.7. The van der Waals surface area contributed by atoms with Gasteiger partial charge in [0.1, 0.15) is 5.75 Å². The van der Waals surface area contributed by atoms with Crippen molar-refractivity contribution in [3.05, 3.63) is 29.8 Å². The van der Waals surface area contributed by atoms with E-state index in [1.807, 2.05) is 4.90 Å². The van der Waals surface area contributed by atoms with Crippen LogP contribution < -0.4 is 5.43 Å². The molecule has 1 heterocycles. The van der Waals surface area contributed by atoms with Crippen LogP contribution in [0.5, 0.6) is 5.75 Å². The minimum atomic E-state index is -0.416. The molecule has 1 aromatic rings. The summed E-state index contributed by atoms with van der Waals surface area (Å²) in [4.78, 5) is 25.8. The highest BCUT2D eigenvalue weighted by Crippen LogP contribution is 2.11. The Morgan fingerprint density at radius 3 is 2.68 bits per heavy atom. The van der Waals surface area contributed by atoms with E-state index < -0.39 is 5.91 Å². The molecule has 0 bridgehead atoms. The Kier molecular flexibility index (Phi) is 5.52. The normalized spacial score (nSPS) is 15.5. The number of amides is 2. The number of piperidine rings is 1. The minimum Gasteiger partial charge on any atom is -0.508 e. The van der Waals surface area contributed by atoms with Crippen molar-refractivity contribution in [2.75, 3.05) is 13.1 Å². The molecule has 2 N–H and O–H groups in total. The van der Waals surface area contributed by atoms with Gasteiger partial charge < -0.3 is 10.0 Å². The summed E-state index contributed by atoms with van der Waals surface area (Å²) in [7, 11) is 0. The van der Waals surface area contributed by atoms with E-state index in [0.29, 0.717) is 11.3 Å². The highest BCUT2D eigenvalue weighted by Gasteiger charge is 2.17. The maximum Gasteiger partial charge on any atom is 0.271 e. The van der Waals surface area contributed by atoms with Gasteiger partial charge in [-0.2, -0.15) is 5.10 Å². The third kappa shape index (κ3) is 4.58. The van der Waals surface area contributed by atoms with Gasteiger partial charge in [-0.15, -0.1) is 0 Å². The van der Waals surface area contributed by atoms with Gasteiger partial charge >= 0.3 is 0 Å². The summed E-state index contributed by atoms with van der Waals surface area (Å²) < 4.78 is 0. The quantitative estimate of drug-likeness (QED) is 0.658. The van der Waals surface area contributed by atoms with Crippen LogP contribution >= 0.6 is 0 Å². The fourth-order valence-electron chi connectivity index (χ4n) is 2.37. The van der Waals surface area contributed by atoms with Crippen molar-refractivity contribution in [3.8, 4) is 5.75 Å². The number of hydrogen-bond donors (Lipinski definition) is 2. The van der Waals surface area contributed by atoms with E-state index in [2.05, 4.69) is 10.5 Å². The van der Waals surface area contributed by atoms with Crippen molar-refractivity contribution in [1.82, 2.24) is 10.3 Å². The molecular formula is C16H21N3O3. The molecule has 118 valence electrons. The second-order valence-corrected chi connectivity index (χ2v) is 5.46. The van der Waals surface area contributed by atoms with E-state index in [1.165, 1.54) is 18.6 Å². The molecule has 0 atom stereocenters. The molecule has 6 heteroatoms. The number of carbonyl (C=O) groups excluding carboxylic acids is 2. The number of nitrogens with zero attached hydrogens (tertiary/aromatic N) is 2. The Hall–Kier alpha value is -2.37. The number of hydrazone groups is 1. The summed E-state index contributed by atoms with van der Waals surface area (Å²) in [5.41, 5.74) is 3.28. The number of carbonyl (C=O) groups is 2. The zero-order valence-corrected chi connectivity index (χ0v) is 12.7. The molecule has 2 amide bonds. The zero-order chi connectivity index (χ0) is 15.9. The first-order valence-electron chi connectivity index (χ1n) is 7.46. The summed E-state index contributed by atoms with van der Waals surface area (Å²) >= 11 is 0. The first-order chi connectivity index (χ1) is 10.6. The highest BCUT2D eigenvalue weighted by atomic mass is 16.3. The van der Waals surface area contributed by atoms with E-state index in [0.717, 1.165) is 25.9 Å². The van der Waals surface area contributed by atoms with Gasteiger partial charge in [0, 0.05) is 24.4 Å². The molecule has 1 aliphatic heterocycles. The van der Waals surface area contributed by atoms with Crippen LogP contribution in [0.1, 0.15) is 43.0 Å². The number of rotatable bonds is 4. The molecule has 0 aromatic heterocycles. The molecule has 22 heavy (non-hydrogen) atoms. The van der Waals surface area contributed by atoms with Crippen LogP contribution in [0.15, 0.2) is 29.4 Å². The topological polar surface area (TPSA) is 82.0 Å². The summed E-state index contributed by atoms with van der Waals surface area (Å²) in [6.07, 6.45) is 3.49. The Bertz CT molecular complexity index is 578. The molecule has 0 aliphatic carbocycles. The van der Waals surface area contributed by atoms with Gasteiger partial charge in [0.2, 0.25) is 5.91 Å². The van der Waals surface area contributed by atoms with Crippen LogP contribution in [0.2, 0.25) is 0 Å². The van der Waals surface area contributed by atoms with E-state index in [-0.39, 0.29) is 18.1 Å². The van der Waals surface area contributed by atoms with Crippen molar-refractivity contribution in [2.45, 2.75) is 32.6 Å². The molecule has 0 spiro atoms. The van der Waals surface area contributed by atoms with Gasteiger partial charge in [0.25, 0.3) is 5.91 Å². The lowest BCUT2D eigenvalue weighted by atomic mass is 10.1. The average Bonchev–Trinajstić information content (AvgIpc) is 2.53. The fraction of sp³-hybridized carbons (Fsp3) is 0.438. The predicted octanol–water partition coefficient (Wildman–Crippen LogP) is 1.90. The maximum atomic E-state index is 12.1. The summed E-state index contributed by atoms with van der Waals surface area (Å²) in [6, 6.07) is 6.02. The average molecular weight is 303 g/mol. The third-order valence-electron chi connectivity index (χ3n) is 3.57. The number of aromatic hydroxyl groups is 1. The maximum absolute atomic E-state index is 12.1. The van der Waals surface area contributed by atoms with Gasteiger partial charge in [0.05, 0.1) is 6.42 Å². The van der Waals surface area contributed by atoms with Crippen molar-refractivity contribution >= 4 is 17.5 Å². The first-order valence-corrected chi connectivity index (χ1v) is 7.46. The van der Waals surface area contributed by atoms with E-state index >= 15 is 0 Å². The molecule has 1 saturated heterocycles. The minimum absolute atomic E-state index is 0.0219. The predicted molar refractivity (Wildman–Crippen MR) is 83.7 cm³/mol. The smallest absolute Gasteiger partial charge is 0.271 e. The van der Waals surface area contributed by atoms with Gasteiger partial charge in [0.15, 0.2) is 0 Å². The van der Waals surface area contributed by atoms with Crippen LogP contribution in [0.3, 0.4) is 0 Å². The lowest BCUT2D eigenvalue weighted by Crippen LogP contribution is -2.36. The number of likely N-dealkylation sites (tertiary alicyclic amines) is 1. The van der Waals surface area contributed by atoms with Crippen molar-refractivity contribution < 1.29 is 14.7 Å². The van der Waals surface area contributed by atoms with Crippen LogP contribution in [-0.4, -0.2) is 40.6 Å². The van der Waals surface area contributed by atoms with Crippen LogP contribution in [-0.2, 0) is 4.79 Å². The molecule has 1 aliphatic rings. The third-order valence-corrected chi connectivity index (χ3v) is 3.57. The summed E-state index contributed by atoms with van der Waals surface area (Å²) in [5.74, 6) is -0.346. The van der Waals surface area contributed by atoms with Crippen molar-refractivity contribution in [1.29, 1.82) is 0 Å². The monoisotopic (exact) mass is 303 g/mol. The lowest BCUT2D eigenvalue weighted by Gasteiger charge is -2.26. The van der Waals surface area contributed by atoms with Gasteiger partial charge in [-0.25, -0.2) is 5.43 Å². The molecule has 0 unspecified atom stereocenters. The van der Waals surface area contributed by atoms with Crippen LogP contribution in [0, 0.1) is 0 Å². The van der Waals surface area contributed by atoms with E-state index in [1.54, 1.807) is 19.1 Å². The van der Waals surface area contributed by atoms with Crippen LogP contribution in [0.25, 0.3) is 0 Å². The second kappa shape index (κ2) is 7.59. The standard InChI is InChI=1S/C16H21N3O3/c1-12(10-15(21)19-8-3-2-4-9-19)17-18-16(22)13-6-5-7-14(20)11-13/h5-7,11,20H,2-4,8-10H2,1H3,(H,18,22)/b17-12+. The Labute approximate surface area is 129 Å². The Morgan fingerprint density at radius 1 is 1.27 bits per heavy atom. The van der Waals surface area contributed by atoms with Crippen molar-refractivity contribution in [3.63, 3.8) is 0 Å². The largest absolute Gasteiger partial charge is 0.508 e. The number of phenols is 1. The van der Waals surface area contributed by atoms with E-state index in [4.69, 9.17) is 0 Å². The Morgan fingerprint density at radius 2 is 2.00 bits per heavy atom. The summed E-state index contributed by atoms with van der Waals surface area (Å²) in [5, 5.41) is 13.3. The van der Waals surface area contributed by atoms with Gasteiger partial charge in [-0.05, 0) is 44.4 Å². The van der Waals surface area contributed by atoms with Gasteiger partial charge in [-0.1, -0.05) is 6.07 Å². The number of hydrogen-bond acceptors (Lipinski definition) is 4. The van der Waals surface area contributed by atoms with Gasteiger partial charge in [-0.3, -0.25) is 9.59 Å². The molecule has 1 fully saturated rings. The highest BCUT2D eigenvalue weighted by molar-refractivity contribution is 6.01. The summed E-state index contributed by atoms with van der Waals surface area (Å²) in [6.45, 7) is 3.33. The van der Waals surface area contributed by atoms with E-state index in [9.17, 15) is 14.7 Å². The first kappa shape index (κ1) is 16.0. The van der Waals surface area contributed by atoms with Crippen molar-refractivity contribution in [2.24, 2.45) is 5.10 Å².